The lowest BCUT2D eigenvalue weighted by molar-refractivity contribution is 0.482. The van der Waals surface area contributed by atoms with Crippen LogP contribution in [0.25, 0.3) is 5.69 Å². The summed E-state index contributed by atoms with van der Waals surface area (Å²) in [5, 5.41) is 0. The molecule has 3 aromatic rings. The zero-order valence-corrected chi connectivity index (χ0v) is 11.2. The van der Waals surface area contributed by atoms with Crippen molar-refractivity contribution in [2.24, 2.45) is 0 Å². The third-order valence-electron chi connectivity index (χ3n) is 2.93. The highest BCUT2D eigenvalue weighted by Gasteiger charge is 2.05. The Balaban J connectivity index is 1.92. The average Bonchev–Trinajstić information content (AvgIpc) is 2.79. The van der Waals surface area contributed by atoms with Crippen molar-refractivity contribution in [2.75, 3.05) is 5.73 Å². The van der Waals surface area contributed by atoms with E-state index >= 15 is 0 Å². The Morgan fingerprint density at radius 3 is 2.45 bits per heavy atom. The highest BCUT2D eigenvalue weighted by molar-refractivity contribution is 5.45. The summed E-state index contributed by atoms with van der Waals surface area (Å²) in [6, 6.07) is 17.4. The van der Waals surface area contributed by atoms with Crippen LogP contribution < -0.4 is 10.5 Å². The lowest BCUT2D eigenvalue weighted by Crippen LogP contribution is -1.99. The number of nitrogen functional groups attached to an aromatic ring is 1. The molecule has 3 rings (SSSR count). The molecule has 1 aromatic heterocycles. The molecule has 0 fully saturated rings. The number of anilines is 1. The fraction of sp³-hybridized carbons (Fsp3) is 0.0625. The molecule has 1 heterocycles. The van der Waals surface area contributed by atoms with Gasteiger partial charge in [-0.3, -0.25) is 4.57 Å². The third kappa shape index (κ3) is 2.49. The van der Waals surface area contributed by atoms with Crippen molar-refractivity contribution in [3.05, 3.63) is 66.5 Å². The number of aryl methyl sites for hydroxylation is 1. The summed E-state index contributed by atoms with van der Waals surface area (Å²) in [4.78, 5) is 4.20. The van der Waals surface area contributed by atoms with Crippen molar-refractivity contribution >= 4 is 5.95 Å². The Bertz CT molecular complexity index is 720. The standard InChI is InChI=1S/C16H15N3O/c1-12-11-19(16(17)18-12)13-6-5-9-15(10-13)20-14-7-3-2-4-8-14/h2-11H,1H3,(H2,17,18). The highest BCUT2D eigenvalue weighted by Crippen LogP contribution is 2.24. The van der Waals surface area contributed by atoms with E-state index in [0.29, 0.717) is 5.95 Å². The van der Waals surface area contributed by atoms with E-state index in [1.807, 2.05) is 72.3 Å². The van der Waals surface area contributed by atoms with E-state index in [1.54, 1.807) is 0 Å². The highest BCUT2D eigenvalue weighted by atomic mass is 16.5. The third-order valence-corrected chi connectivity index (χ3v) is 2.93. The maximum absolute atomic E-state index is 5.89. The molecule has 0 spiro atoms. The molecule has 4 nitrogen and oxygen atoms in total. The first kappa shape index (κ1) is 12.3. The number of hydrogen-bond donors (Lipinski definition) is 1. The fourth-order valence-electron chi connectivity index (χ4n) is 2.04. The van der Waals surface area contributed by atoms with Crippen molar-refractivity contribution in [3.8, 4) is 17.2 Å². The van der Waals surface area contributed by atoms with Gasteiger partial charge in [-0.15, -0.1) is 0 Å². The van der Waals surface area contributed by atoms with Crippen molar-refractivity contribution in [3.63, 3.8) is 0 Å². The predicted octanol–water partition coefficient (Wildman–Crippen LogP) is 3.56. The second kappa shape index (κ2) is 5.09. The van der Waals surface area contributed by atoms with Gasteiger partial charge in [0.1, 0.15) is 11.5 Å². The molecule has 0 aliphatic heterocycles. The topological polar surface area (TPSA) is 53.1 Å². The van der Waals surface area contributed by atoms with Crippen molar-refractivity contribution in [2.45, 2.75) is 6.92 Å². The molecule has 0 amide bonds. The van der Waals surface area contributed by atoms with Gasteiger partial charge in [-0.1, -0.05) is 24.3 Å². The number of nitrogens with zero attached hydrogens (tertiary/aromatic N) is 2. The molecule has 0 saturated heterocycles. The van der Waals surface area contributed by atoms with Gasteiger partial charge in [0.05, 0.1) is 11.4 Å². The van der Waals surface area contributed by atoms with E-state index in [-0.39, 0.29) is 0 Å². The number of imidazole rings is 1. The Kier molecular flexibility index (Phi) is 3.13. The van der Waals surface area contributed by atoms with Crippen LogP contribution in [-0.2, 0) is 0 Å². The molecular weight excluding hydrogens is 250 g/mol. The molecule has 0 unspecified atom stereocenters. The monoisotopic (exact) mass is 265 g/mol. The van der Waals surface area contributed by atoms with Gasteiger partial charge in [-0.05, 0) is 31.2 Å². The number of nitrogens with two attached hydrogens (primary N) is 1. The molecule has 2 aromatic carbocycles. The summed E-state index contributed by atoms with van der Waals surface area (Å²) in [5.74, 6) is 2.04. The Morgan fingerprint density at radius 1 is 1.00 bits per heavy atom. The van der Waals surface area contributed by atoms with Gasteiger partial charge in [0.2, 0.25) is 5.95 Å². The summed E-state index contributed by atoms with van der Waals surface area (Å²) < 4.78 is 7.65. The van der Waals surface area contributed by atoms with Crippen molar-refractivity contribution in [1.82, 2.24) is 9.55 Å². The normalized spacial score (nSPS) is 10.4. The molecule has 2 N–H and O–H groups in total. The van der Waals surface area contributed by atoms with Crippen LogP contribution in [0.4, 0.5) is 5.95 Å². The summed E-state index contributed by atoms with van der Waals surface area (Å²) in [6.07, 6.45) is 1.90. The lowest BCUT2D eigenvalue weighted by atomic mass is 10.3. The molecular formula is C16H15N3O. The Hall–Kier alpha value is -2.75. The van der Waals surface area contributed by atoms with Gasteiger partial charge in [-0.25, -0.2) is 4.98 Å². The maximum Gasteiger partial charge on any atom is 0.205 e. The van der Waals surface area contributed by atoms with Crippen molar-refractivity contribution in [1.29, 1.82) is 0 Å². The zero-order valence-electron chi connectivity index (χ0n) is 11.2. The van der Waals surface area contributed by atoms with Gasteiger partial charge in [0, 0.05) is 12.3 Å². The molecule has 0 aliphatic carbocycles. The lowest BCUT2D eigenvalue weighted by Gasteiger charge is -2.09. The summed E-state index contributed by atoms with van der Waals surface area (Å²) in [6.45, 7) is 1.91. The van der Waals surface area contributed by atoms with Gasteiger partial charge < -0.3 is 10.5 Å². The van der Waals surface area contributed by atoms with E-state index in [4.69, 9.17) is 10.5 Å². The number of rotatable bonds is 3. The molecule has 100 valence electrons. The summed E-state index contributed by atoms with van der Waals surface area (Å²) >= 11 is 0. The van der Waals surface area contributed by atoms with Crippen LogP contribution in [0.5, 0.6) is 11.5 Å². The number of aromatic nitrogens is 2. The van der Waals surface area contributed by atoms with Crippen LogP contribution in [0.2, 0.25) is 0 Å². The van der Waals surface area contributed by atoms with E-state index in [9.17, 15) is 0 Å². The number of ether oxygens (including phenoxy) is 1. The number of para-hydroxylation sites is 1. The van der Waals surface area contributed by atoms with E-state index in [2.05, 4.69) is 4.98 Å². The first-order chi connectivity index (χ1) is 9.72. The fourth-order valence-corrected chi connectivity index (χ4v) is 2.04. The largest absolute Gasteiger partial charge is 0.457 e. The van der Waals surface area contributed by atoms with Crippen LogP contribution in [-0.4, -0.2) is 9.55 Å². The molecule has 0 saturated carbocycles. The number of benzene rings is 2. The average molecular weight is 265 g/mol. The van der Waals surface area contributed by atoms with Gasteiger partial charge in [0.15, 0.2) is 0 Å². The minimum absolute atomic E-state index is 0.472. The SMILES string of the molecule is Cc1cn(-c2cccc(Oc3ccccc3)c2)c(N)n1. The first-order valence-electron chi connectivity index (χ1n) is 6.37. The minimum Gasteiger partial charge on any atom is -0.457 e. The van der Waals surface area contributed by atoms with Gasteiger partial charge in [0.25, 0.3) is 0 Å². The maximum atomic E-state index is 5.89. The van der Waals surface area contributed by atoms with Crippen LogP contribution in [0.1, 0.15) is 5.69 Å². The van der Waals surface area contributed by atoms with Crippen LogP contribution in [0.15, 0.2) is 60.8 Å². The van der Waals surface area contributed by atoms with Crippen molar-refractivity contribution < 1.29 is 4.74 Å². The number of hydrogen-bond acceptors (Lipinski definition) is 3. The second-order valence-corrected chi connectivity index (χ2v) is 4.52. The smallest absolute Gasteiger partial charge is 0.205 e. The summed E-state index contributed by atoms with van der Waals surface area (Å²) in [7, 11) is 0. The first-order valence-corrected chi connectivity index (χ1v) is 6.37. The predicted molar refractivity (Wildman–Crippen MR) is 79.2 cm³/mol. The Labute approximate surface area is 117 Å². The van der Waals surface area contributed by atoms with Crippen LogP contribution >= 0.6 is 0 Å². The van der Waals surface area contributed by atoms with Crippen LogP contribution in [0.3, 0.4) is 0 Å². The molecule has 20 heavy (non-hydrogen) atoms. The minimum atomic E-state index is 0.472. The van der Waals surface area contributed by atoms with E-state index in [0.717, 1.165) is 22.9 Å². The Morgan fingerprint density at radius 2 is 1.75 bits per heavy atom. The van der Waals surface area contributed by atoms with E-state index < -0.39 is 0 Å². The summed E-state index contributed by atoms with van der Waals surface area (Å²) in [5.41, 5.74) is 7.70. The van der Waals surface area contributed by atoms with Gasteiger partial charge >= 0.3 is 0 Å². The van der Waals surface area contributed by atoms with Gasteiger partial charge in [-0.2, -0.15) is 0 Å². The zero-order chi connectivity index (χ0) is 13.9. The van der Waals surface area contributed by atoms with Crippen LogP contribution in [0, 0.1) is 6.92 Å². The molecule has 0 aliphatic rings. The molecule has 0 atom stereocenters. The van der Waals surface area contributed by atoms with E-state index in [1.165, 1.54) is 0 Å². The molecule has 0 radical (unpaired) electrons. The molecule has 4 heteroatoms. The second-order valence-electron chi connectivity index (χ2n) is 4.52. The molecule has 0 bridgehead atoms. The quantitative estimate of drug-likeness (QED) is 0.787.